The number of benzene rings is 1. The molecule has 0 spiro atoms. The Bertz CT molecular complexity index is 418. The van der Waals surface area contributed by atoms with Crippen LogP contribution in [-0.4, -0.2) is 18.0 Å². The van der Waals surface area contributed by atoms with Crippen LogP contribution in [0.15, 0.2) is 24.3 Å². The Morgan fingerprint density at radius 2 is 2.25 bits per heavy atom. The van der Waals surface area contributed by atoms with Crippen LogP contribution in [-0.2, 0) is 0 Å². The fourth-order valence-electron chi connectivity index (χ4n) is 1.12. The number of hydrogen-bond donors (Lipinski definition) is 1. The molecule has 0 aliphatic rings. The number of likely N-dealkylation sites (N-methyl/N-ethyl adjacent to an activating group) is 1. The first-order valence-corrected chi connectivity index (χ1v) is 4.84. The minimum absolute atomic E-state index is 0.0821. The monoisotopic (exact) mass is 224 g/mol. The lowest BCUT2D eigenvalue weighted by molar-refractivity contribution is -0.384. The van der Waals surface area contributed by atoms with E-state index in [0.717, 1.165) is 12.1 Å². The van der Waals surface area contributed by atoms with Crippen LogP contribution in [0, 0.1) is 15.9 Å². The van der Waals surface area contributed by atoms with Crippen molar-refractivity contribution in [3.63, 3.8) is 0 Å². The van der Waals surface area contributed by atoms with E-state index in [1.165, 1.54) is 12.1 Å². The van der Waals surface area contributed by atoms with Gasteiger partial charge in [-0.15, -0.1) is 0 Å². The molecule has 1 unspecified atom stereocenters. The SMILES string of the molecule is CNC(C)/C=C/c1cc([N+](=O)[O-])ccc1F. The van der Waals surface area contributed by atoms with Crippen molar-refractivity contribution < 1.29 is 9.31 Å². The predicted octanol–water partition coefficient (Wildman–Crippen LogP) is 2.36. The first-order chi connectivity index (χ1) is 7.54. The van der Waals surface area contributed by atoms with E-state index in [2.05, 4.69) is 5.32 Å². The smallest absolute Gasteiger partial charge is 0.270 e. The normalized spacial score (nSPS) is 12.9. The van der Waals surface area contributed by atoms with Gasteiger partial charge in [0.25, 0.3) is 5.69 Å². The summed E-state index contributed by atoms with van der Waals surface area (Å²) in [6, 6.07) is 3.54. The van der Waals surface area contributed by atoms with E-state index in [1.54, 1.807) is 13.1 Å². The number of halogens is 1. The maximum atomic E-state index is 13.3. The van der Waals surface area contributed by atoms with Crippen molar-refractivity contribution in [3.8, 4) is 0 Å². The van der Waals surface area contributed by atoms with E-state index in [-0.39, 0.29) is 17.3 Å². The molecule has 0 aliphatic carbocycles. The van der Waals surface area contributed by atoms with Crippen molar-refractivity contribution in [3.05, 3.63) is 45.8 Å². The summed E-state index contributed by atoms with van der Waals surface area (Å²) in [5.74, 6) is -0.467. The summed E-state index contributed by atoms with van der Waals surface area (Å²) in [5.41, 5.74) is 0.106. The maximum absolute atomic E-state index is 13.3. The van der Waals surface area contributed by atoms with Crippen LogP contribution in [0.4, 0.5) is 10.1 Å². The van der Waals surface area contributed by atoms with E-state index < -0.39 is 10.7 Å². The molecule has 1 aromatic carbocycles. The van der Waals surface area contributed by atoms with E-state index in [0.29, 0.717) is 0 Å². The second kappa shape index (κ2) is 5.37. The van der Waals surface area contributed by atoms with Crippen LogP contribution in [0.3, 0.4) is 0 Å². The molecule has 0 aromatic heterocycles. The highest BCUT2D eigenvalue weighted by Gasteiger charge is 2.08. The Kier molecular flexibility index (Phi) is 4.13. The molecule has 1 aromatic rings. The molecule has 0 radical (unpaired) electrons. The zero-order valence-corrected chi connectivity index (χ0v) is 9.11. The van der Waals surface area contributed by atoms with Crippen molar-refractivity contribution in [1.29, 1.82) is 0 Å². The molecule has 0 aliphatic heterocycles. The fraction of sp³-hybridized carbons (Fsp3) is 0.273. The zero-order chi connectivity index (χ0) is 12.1. The number of nitrogens with zero attached hydrogens (tertiary/aromatic N) is 1. The van der Waals surface area contributed by atoms with Crippen molar-refractivity contribution in [1.82, 2.24) is 5.32 Å². The topological polar surface area (TPSA) is 55.2 Å². The zero-order valence-electron chi connectivity index (χ0n) is 9.11. The van der Waals surface area contributed by atoms with Crippen LogP contribution in [0.2, 0.25) is 0 Å². The van der Waals surface area contributed by atoms with E-state index in [4.69, 9.17) is 0 Å². The van der Waals surface area contributed by atoms with Gasteiger partial charge in [-0.05, 0) is 20.0 Å². The molecule has 0 saturated heterocycles. The average molecular weight is 224 g/mol. The maximum Gasteiger partial charge on any atom is 0.270 e. The molecule has 0 saturated carbocycles. The number of non-ortho nitro benzene ring substituents is 1. The molecule has 5 heteroatoms. The van der Waals surface area contributed by atoms with E-state index in [9.17, 15) is 14.5 Å². The van der Waals surface area contributed by atoms with Gasteiger partial charge in [0, 0.05) is 23.7 Å². The summed E-state index contributed by atoms with van der Waals surface area (Å²) in [6.45, 7) is 1.89. The van der Waals surface area contributed by atoms with Gasteiger partial charge in [-0.25, -0.2) is 4.39 Å². The van der Waals surface area contributed by atoms with Crippen LogP contribution in [0.5, 0.6) is 0 Å². The number of nitro benzene ring substituents is 1. The third kappa shape index (κ3) is 3.13. The summed E-state index contributed by atoms with van der Waals surface area (Å²) in [7, 11) is 1.78. The highest BCUT2D eigenvalue weighted by Crippen LogP contribution is 2.18. The quantitative estimate of drug-likeness (QED) is 0.631. The Morgan fingerprint density at radius 3 is 2.81 bits per heavy atom. The lowest BCUT2D eigenvalue weighted by atomic mass is 10.1. The fourth-order valence-corrected chi connectivity index (χ4v) is 1.12. The third-order valence-electron chi connectivity index (χ3n) is 2.21. The minimum atomic E-state index is -0.543. The summed E-state index contributed by atoms with van der Waals surface area (Å²) < 4.78 is 13.3. The molecule has 4 nitrogen and oxygen atoms in total. The van der Waals surface area contributed by atoms with Crippen molar-refractivity contribution in [2.75, 3.05) is 7.05 Å². The summed E-state index contributed by atoms with van der Waals surface area (Å²) in [4.78, 5) is 9.96. The van der Waals surface area contributed by atoms with Crippen LogP contribution < -0.4 is 5.32 Å². The molecule has 0 amide bonds. The Balaban J connectivity index is 2.98. The molecule has 0 heterocycles. The molecule has 86 valence electrons. The van der Waals surface area contributed by atoms with Gasteiger partial charge in [-0.3, -0.25) is 10.1 Å². The molecule has 1 rings (SSSR count). The van der Waals surface area contributed by atoms with Gasteiger partial charge in [0.1, 0.15) is 5.82 Å². The van der Waals surface area contributed by atoms with Gasteiger partial charge < -0.3 is 5.32 Å². The highest BCUT2D eigenvalue weighted by atomic mass is 19.1. The van der Waals surface area contributed by atoms with Crippen LogP contribution >= 0.6 is 0 Å². The summed E-state index contributed by atoms with van der Waals surface area (Å²) >= 11 is 0. The largest absolute Gasteiger partial charge is 0.314 e. The molecular weight excluding hydrogens is 211 g/mol. The summed E-state index contributed by atoms with van der Waals surface area (Å²) in [5, 5.41) is 13.5. The first kappa shape index (κ1) is 12.3. The summed E-state index contributed by atoms with van der Waals surface area (Å²) in [6.07, 6.45) is 3.27. The average Bonchev–Trinajstić information content (AvgIpc) is 2.27. The van der Waals surface area contributed by atoms with Gasteiger partial charge in [-0.1, -0.05) is 12.2 Å². The van der Waals surface area contributed by atoms with Gasteiger partial charge in [0.15, 0.2) is 0 Å². The third-order valence-corrected chi connectivity index (χ3v) is 2.21. The number of rotatable bonds is 4. The Hall–Kier alpha value is -1.75. The van der Waals surface area contributed by atoms with Gasteiger partial charge in [0.05, 0.1) is 4.92 Å². The van der Waals surface area contributed by atoms with Crippen LogP contribution in [0.25, 0.3) is 6.08 Å². The molecule has 0 fully saturated rings. The highest BCUT2D eigenvalue weighted by molar-refractivity contribution is 5.54. The molecule has 1 atom stereocenters. The lowest BCUT2D eigenvalue weighted by Gasteiger charge is -2.02. The molecule has 16 heavy (non-hydrogen) atoms. The van der Waals surface area contributed by atoms with Gasteiger partial charge in [-0.2, -0.15) is 0 Å². The van der Waals surface area contributed by atoms with E-state index in [1.807, 2.05) is 6.92 Å². The predicted molar refractivity (Wildman–Crippen MR) is 60.6 cm³/mol. The first-order valence-electron chi connectivity index (χ1n) is 4.84. The van der Waals surface area contributed by atoms with Crippen molar-refractivity contribution in [2.45, 2.75) is 13.0 Å². The molecular formula is C11H13FN2O2. The van der Waals surface area contributed by atoms with Crippen molar-refractivity contribution >= 4 is 11.8 Å². The van der Waals surface area contributed by atoms with Gasteiger partial charge in [0.2, 0.25) is 0 Å². The van der Waals surface area contributed by atoms with Crippen LogP contribution in [0.1, 0.15) is 12.5 Å². The second-order valence-corrected chi connectivity index (χ2v) is 3.40. The molecule has 0 bridgehead atoms. The minimum Gasteiger partial charge on any atom is -0.314 e. The Labute approximate surface area is 92.9 Å². The van der Waals surface area contributed by atoms with E-state index >= 15 is 0 Å². The molecule has 1 N–H and O–H groups in total. The second-order valence-electron chi connectivity index (χ2n) is 3.40. The standard InChI is InChI=1S/C11H13FN2O2/c1-8(13-2)3-4-9-7-10(14(15)16)5-6-11(9)12/h3-8,13H,1-2H3/b4-3+. The Morgan fingerprint density at radius 1 is 1.56 bits per heavy atom. The number of hydrogen-bond acceptors (Lipinski definition) is 3. The van der Waals surface area contributed by atoms with Crippen molar-refractivity contribution in [2.24, 2.45) is 0 Å². The number of nitro groups is 1. The van der Waals surface area contributed by atoms with Gasteiger partial charge >= 0.3 is 0 Å². The number of nitrogens with one attached hydrogen (secondary N) is 1. The lowest BCUT2D eigenvalue weighted by Crippen LogP contribution is -2.17.